The molecule has 4 N–H and O–H groups in total. The quantitative estimate of drug-likeness (QED) is 0.226. The van der Waals surface area contributed by atoms with Gasteiger partial charge in [0.15, 0.2) is 0 Å². The van der Waals surface area contributed by atoms with E-state index in [1.54, 1.807) is 0 Å². The third-order valence-corrected chi connectivity index (χ3v) is 6.08. The maximum Gasteiger partial charge on any atom is 0.127 e. The Balaban J connectivity index is 1.37. The van der Waals surface area contributed by atoms with Crippen LogP contribution in [0.2, 0.25) is 0 Å². The maximum absolute atomic E-state index is 5.99. The third kappa shape index (κ3) is 5.86. The van der Waals surface area contributed by atoms with E-state index in [1.807, 2.05) is 78.9 Å². The molecule has 0 amide bonds. The highest BCUT2D eigenvalue weighted by Gasteiger charge is 2.16. The van der Waals surface area contributed by atoms with Crippen LogP contribution in [0.5, 0.6) is 23.0 Å². The molecule has 178 valence electrons. The second kappa shape index (κ2) is 10.7. The van der Waals surface area contributed by atoms with Crippen molar-refractivity contribution < 1.29 is 9.47 Å². The highest BCUT2D eigenvalue weighted by Crippen LogP contribution is 2.33. The van der Waals surface area contributed by atoms with E-state index in [4.69, 9.17) is 20.9 Å². The van der Waals surface area contributed by atoms with Crippen molar-refractivity contribution in [2.24, 2.45) is 0 Å². The Labute approximate surface area is 211 Å². The van der Waals surface area contributed by atoms with Crippen LogP contribution in [0, 0.1) is 0 Å². The Morgan fingerprint density at radius 1 is 0.444 bits per heavy atom. The van der Waals surface area contributed by atoms with Gasteiger partial charge in [0.25, 0.3) is 0 Å². The molecule has 0 aliphatic heterocycles. The van der Waals surface area contributed by atoms with Crippen LogP contribution in [0.4, 0.5) is 11.4 Å². The van der Waals surface area contributed by atoms with Gasteiger partial charge in [-0.15, -0.1) is 0 Å². The molecule has 0 saturated carbocycles. The highest BCUT2D eigenvalue weighted by atomic mass is 16.5. The van der Waals surface area contributed by atoms with E-state index in [1.165, 1.54) is 16.7 Å². The van der Waals surface area contributed by atoms with Gasteiger partial charge in [0.05, 0.1) is 0 Å². The molecule has 0 saturated heterocycles. The number of rotatable bonds is 8. The molecule has 0 radical (unpaired) electrons. The molecule has 5 aromatic rings. The molecule has 0 aromatic heterocycles. The van der Waals surface area contributed by atoms with Crippen LogP contribution in [0.3, 0.4) is 0 Å². The molecule has 0 fully saturated rings. The van der Waals surface area contributed by atoms with Crippen LogP contribution in [0.25, 0.3) is 0 Å². The summed E-state index contributed by atoms with van der Waals surface area (Å²) >= 11 is 0. The smallest absolute Gasteiger partial charge is 0.127 e. The summed E-state index contributed by atoms with van der Waals surface area (Å²) in [6, 6.07) is 42.0. The minimum absolute atomic E-state index is 0.184. The van der Waals surface area contributed by atoms with Gasteiger partial charge in [-0.05, 0) is 95.9 Å². The second-order valence-corrected chi connectivity index (χ2v) is 8.72. The van der Waals surface area contributed by atoms with Crippen molar-refractivity contribution in [3.8, 4) is 23.0 Å². The Hall–Kier alpha value is -4.70. The van der Waals surface area contributed by atoms with E-state index in [9.17, 15) is 0 Å². The van der Waals surface area contributed by atoms with Gasteiger partial charge >= 0.3 is 0 Å². The number of hydrogen-bond acceptors (Lipinski definition) is 4. The Morgan fingerprint density at radius 2 is 0.806 bits per heavy atom. The minimum Gasteiger partial charge on any atom is -0.457 e. The molecule has 4 nitrogen and oxygen atoms in total. The summed E-state index contributed by atoms with van der Waals surface area (Å²) in [7, 11) is 0. The third-order valence-electron chi connectivity index (χ3n) is 6.08. The Kier molecular flexibility index (Phi) is 6.86. The van der Waals surface area contributed by atoms with E-state index >= 15 is 0 Å². The lowest BCUT2D eigenvalue weighted by atomic mass is 9.86. The van der Waals surface area contributed by atoms with Crippen LogP contribution >= 0.6 is 0 Å². The van der Waals surface area contributed by atoms with E-state index in [-0.39, 0.29) is 5.92 Å². The fourth-order valence-corrected chi connectivity index (χ4v) is 4.16. The summed E-state index contributed by atoms with van der Waals surface area (Å²) in [6.07, 6.45) is 0.886. The first-order valence-corrected chi connectivity index (χ1v) is 11.9. The van der Waals surface area contributed by atoms with Gasteiger partial charge in [0.1, 0.15) is 23.0 Å². The predicted octanol–water partition coefficient (Wildman–Crippen LogP) is 7.81. The molecule has 5 aromatic carbocycles. The lowest BCUT2D eigenvalue weighted by Crippen LogP contribution is -2.05. The molecule has 0 spiro atoms. The molecule has 36 heavy (non-hydrogen) atoms. The number of nitrogen functional groups attached to an aromatic ring is 2. The number of benzene rings is 5. The molecule has 0 aliphatic rings. The molecule has 0 heterocycles. The summed E-state index contributed by atoms with van der Waals surface area (Å²) < 4.78 is 12.0. The standard InChI is InChI=1S/C32H28N2O2/c33-26-10-18-30(19-11-26)35-28-14-6-24(7-15-28)32(22-23-4-2-1-3-5-23)25-8-16-29(17-9-25)36-31-20-12-27(34)13-21-31/h1-21,32H,22,33-34H2. The van der Waals surface area contributed by atoms with Crippen LogP contribution in [-0.2, 0) is 6.42 Å². The topological polar surface area (TPSA) is 70.5 Å². The molecule has 5 rings (SSSR count). The van der Waals surface area contributed by atoms with Crippen molar-refractivity contribution in [3.05, 3.63) is 144 Å². The first-order chi connectivity index (χ1) is 17.6. The van der Waals surface area contributed by atoms with Crippen molar-refractivity contribution in [2.75, 3.05) is 11.5 Å². The summed E-state index contributed by atoms with van der Waals surface area (Å²) in [4.78, 5) is 0. The largest absolute Gasteiger partial charge is 0.457 e. The minimum atomic E-state index is 0.184. The molecule has 0 aliphatic carbocycles. The van der Waals surface area contributed by atoms with Gasteiger partial charge in [-0.25, -0.2) is 0 Å². The molecular weight excluding hydrogens is 444 g/mol. The second-order valence-electron chi connectivity index (χ2n) is 8.72. The van der Waals surface area contributed by atoms with E-state index < -0.39 is 0 Å². The number of ether oxygens (including phenoxy) is 2. The average Bonchev–Trinajstić information content (AvgIpc) is 2.92. The van der Waals surface area contributed by atoms with Crippen molar-refractivity contribution in [1.29, 1.82) is 0 Å². The SMILES string of the molecule is Nc1ccc(Oc2ccc(C(Cc3ccccc3)c3ccc(Oc4ccc(N)cc4)cc3)cc2)cc1. The van der Waals surface area contributed by atoms with Gasteiger partial charge in [-0.3, -0.25) is 0 Å². The highest BCUT2D eigenvalue weighted by molar-refractivity contribution is 5.46. The Morgan fingerprint density at radius 3 is 1.19 bits per heavy atom. The Bertz CT molecular complexity index is 1290. The predicted molar refractivity (Wildman–Crippen MR) is 147 cm³/mol. The number of nitrogens with two attached hydrogens (primary N) is 2. The summed E-state index contributed by atoms with van der Waals surface area (Å²) in [5, 5.41) is 0. The molecule has 0 unspecified atom stereocenters. The maximum atomic E-state index is 5.99. The van der Waals surface area contributed by atoms with Gasteiger partial charge < -0.3 is 20.9 Å². The lowest BCUT2D eigenvalue weighted by molar-refractivity contribution is 0.482. The zero-order valence-electron chi connectivity index (χ0n) is 19.9. The van der Waals surface area contributed by atoms with Crippen molar-refractivity contribution >= 4 is 11.4 Å². The van der Waals surface area contributed by atoms with E-state index in [0.717, 1.165) is 29.4 Å². The van der Waals surface area contributed by atoms with Gasteiger partial charge in [0.2, 0.25) is 0 Å². The first kappa shape index (κ1) is 23.1. The van der Waals surface area contributed by atoms with Crippen molar-refractivity contribution in [3.63, 3.8) is 0 Å². The fourth-order valence-electron chi connectivity index (χ4n) is 4.16. The number of anilines is 2. The van der Waals surface area contributed by atoms with Gasteiger partial charge in [0, 0.05) is 17.3 Å². The zero-order valence-corrected chi connectivity index (χ0v) is 19.9. The van der Waals surface area contributed by atoms with Crippen LogP contribution in [-0.4, -0.2) is 0 Å². The number of hydrogen-bond donors (Lipinski definition) is 2. The van der Waals surface area contributed by atoms with Crippen molar-refractivity contribution in [1.82, 2.24) is 0 Å². The normalized spacial score (nSPS) is 10.8. The zero-order chi connectivity index (χ0) is 24.7. The van der Waals surface area contributed by atoms with Gasteiger partial charge in [-0.1, -0.05) is 54.6 Å². The molecule has 4 heteroatoms. The lowest BCUT2D eigenvalue weighted by Gasteiger charge is -2.19. The fraction of sp³-hybridized carbons (Fsp3) is 0.0625. The first-order valence-electron chi connectivity index (χ1n) is 11.9. The van der Waals surface area contributed by atoms with Crippen LogP contribution in [0.1, 0.15) is 22.6 Å². The summed E-state index contributed by atoms with van der Waals surface area (Å²) in [6.45, 7) is 0. The van der Waals surface area contributed by atoms with E-state index in [2.05, 4.69) is 48.5 Å². The van der Waals surface area contributed by atoms with Crippen LogP contribution < -0.4 is 20.9 Å². The molecule has 0 bridgehead atoms. The van der Waals surface area contributed by atoms with Crippen LogP contribution in [0.15, 0.2) is 127 Å². The van der Waals surface area contributed by atoms with Gasteiger partial charge in [-0.2, -0.15) is 0 Å². The van der Waals surface area contributed by atoms with Crippen molar-refractivity contribution in [2.45, 2.75) is 12.3 Å². The summed E-state index contributed by atoms with van der Waals surface area (Å²) in [5.41, 5.74) is 16.7. The summed E-state index contributed by atoms with van der Waals surface area (Å²) in [5.74, 6) is 3.27. The average molecular weight is 473 g/mol. The molecule has 0 atom stereocenters. The molecular formula is C32H28N2O2. The monoisotopic (exact) mass is 472 g/mol. The van der Waals surface area contributed by atoms with E-state index in [0.29, 0.717) is 11.4 Å².